The highest BCUT2D eigenvalue weighted by atomic mass is 32.2. The Morgan fingerprint density at radius 1 is 1.35 bits per heavy atom. The molecule has 3 nitrogen and oxygen atoms in total. The maximum Gasteiger partial charge on any atom is 0.126 e. The fourth-order valence-corrected chi connectivity index (χ4v) is 2.34. The van der Waals surface area contributed by atoms with E-state index in [-0.39, 0.29) is 0 Å². The van der Waals surface area contributed by atoms with Gasteiger partial charge < -0.3 is 10.2 Å². The Labute approximate surface area is 109 Å². The van der Waals surface area contributed by atoms with E-state index in [4.69, 9.17) is 0 Å². The standard InChI is InChI=1S/C13H23N3S/c1-4-8-14-13-7-5-6-12(15-13)11-17-10-9-16(2)3/h5-7H,4,8-11H2,1-3H3,(H,14,15). The predicted octanol–water partition coefficient (Wildman–Crippen LogP) is 2.70. The summed E-state index contributed by atoms with van der Waals surface area (Å²) in [5.41, 5.74) is 1.16. The summed E-state index contributed by atoms with van der Waals surface area (Å²) in [6.07, 6.45) is 1.13. The van der Waals surface area contributed by atoms with Gasteiger partial charge in [0.15, 0.2) is 0 Å². The van der Waals surface area contributed by atoms with Crippen molar-refractivity contribution in [2.24, 2.45) is 0 Å². The van der Waals surface area contributed by atoms with Crippen molar-refractivity contribution in [3.8, 4) is 0 Å². The Bertz CT molecular complexity index is 315. The Morgan fingerprint density at radius 3 is 2.88 bits per heavy atom. The van der Waals surface area contributed by atoms with Gasteiger partial charge in [0.25, 0.3) is 0 Å². The molecule has 4 heteroatoms. The number of thioether (sulfide) groups is 1. The second-order valence-electron chi connectivity index (χ2n) is 4.30. The van der Waals surface area contributed by atoms with Crippen LogP contribution in [-0.2, 0) is 5.75 Å². The molecular formula is C13H23N3S. The summed E-state index contributed by atoms with van der Waals surface area (Å²) in [6.45, 7) is 4.27. The Morgan fingerprint density at radius 2 is 2.18 bits per heavy atom. The molecule has 0 spiro atoms. The third-order valence-corrected chi connectivity index (χ3v) is 3.27. The fraction of sp³-hybridized carbons (Fsp3) is 0.615. The number of nitrogens with one attached hydrogen (secondary N) is 1. The fourth-order valence-electron chi connectivity index (χ4n) is 1.34. The molecule has 0 saturated heterocycles. The number of aromatic nitrogens is 1. The van der Waals surface area contributed by atoms with Crippen LogP contribution < -0.4 is 5.32 Å². The minimum absolute atomic E-state index is 0.990. The molecular weight excluding hydrogens is 230 g/mol. The molecule has 1 N–H and O–H groups in total. The van der Waals surface area contributed by atoms with Crippen molar-refractivity contribution in [1.29, 1.82) is 0 Å². The summed E-state index contributed by atoms with van der Waals surface area (Å²) >= 11 is 1.94. The maximum absolute atomic E-state index is 4.58. The number of hydrogen-bond acceptors (Lipinski definition) is 4. The molecule has 1 aromatic rings. The zero-order valence-corrected chi connectivity index (χ0v) is 11.9. The molecule has 1 heterocycles. The Balaban J connectivity index is 2.32. The molecule has 0 aromatic carbocycles. The molecule has 0 radical (unpaired) electrons. The van der Waals surface area contributed by atoms with E-state index in [0.29, 0.717) is 0 Å². The van der Waals surface area contributed by atoms with Crippen LogP contribution in [0.5, 0.6) is 0 Å². The van der Waals surface area contributed by atoms with Crippen LogP contribution >= 0.6 is 11.8 Å². The van der Waals surface area contributed by atoms with Gasteiger partial charge in [0.1, 0.15) is 5.82 Å². The van der Waals surface area contributed by atoms with Crippen LogP contribution in [0.4, 0.5) is 5.82 Å². The van der Waals surface area contributed by atoms with Crippen molar-refractivity contribution in [1.82, 2.24) is 9.88 Å². The van der Waals surface area contributed by atoms with E-state index < -0.39 is 0 Å². The Hall–Kier alpha value is -0.740. The average molecular weight is 253 g/mol. The van der Waals surface area contributed by atoms with Gasteiger partial charge in [-0.1, -0.05) is 13.0 Å². The first-order valence-electron chi connectivity index (χ1n) is 6.14. The molecule has 17 heavy (non-hydrogen) atoms. The van der Waals surface area contributed by atoms with Crippen LogP contribution in [0, 0.1) is 0 Å². The lowest BCUT2D eigenvalue weighted by Gasteiger charge is -2.09. The highest BCUT2D eigenvalue weighted by Gasteiger charge is 1.98. The minimum Gasteiger partial charge on any atom is -0.370 e. The highest BCUT2D eigenvalue weighted by Crippen LogP contribution is 2.12. The van der Waals surface area contributed by atoms with Gasteiger partial charge >= 0.3 is 0 Å². The molecule has 1 rings (SSSR count). The van der Waals surface area contributed by atoms with Crippen molar-refractivity contribution >= 4 is 17.6 Å². The largest absolute Gasteiger partial charge is 0.370 e. The lowest BCUT2D eigenvalue weighted by molar-refractivity contribution is 0.437. The van der Waals surface area contributed by atoms with Gasteiger partial charge in [0.2, 0.25) is 0 Å². The third kappa shape index (κ3) is 6.54. The first kappa shape index (κ1) is 14.3. The summed E-state index contributed by atoms with van der Waals surface area (Å²) < 4.78 is 0. The SMILES string of the molecule is CCCNc1cccc(CSCCN(C)C)n1. The van der Waals surface area contributed by atoms with E-state index in [1.54, 1.807) is 0 Å². The maximum atomic E-state index is 4.58. The predicted molar refractivity (Wildman–Crippen MR) is 77.7 cm³/mol. The van der Waals surface area contributed by atoms with Gasteiger partial charge in [-0.15, -0.1) is 0 Å². The molecule has 0 atom stereocenters. The summed E-state index contributed by atoms with van der Waals surface area (Å²) in [5.74, 6) is 3.15. The number of rotatable bonds is 8. The van der Waals surface area contributed by atoms with Crippen molar-refractivity contribution in [3.05, 3.63) is 23.9 Å². The lowest BCUT2D eigenvalue weighted by Crippen LogP contribution is -2.14. The monoisotopic (exact) mass is 253 g/mol. The van der Waals surface area contributed by atoms with Gasteiger partial charge in [-0.2, -0.15) is 11.8 Å². The zero-order chi connectivity index (χ0) is 12.5. The normalized spacial score (nSPS) is 10.8. The summed E-state index contributed by atoms with van der Waals surface area (Å²) in [4.78, 5) is 6.79. The topological polar surface area (TPSA) is 28.2 Å². The van der Waals surface area contributed by atoms with Gasteiger partial charge in [0, 0.05) is 24.6 Å². The number of nitrogens with zero attached hydrogens (tertiary/aromatic N) is 2. The van der Waals surface area contributed by atoms with Crippen LogP contribution in [0.25, 0.3) is 0 Å². The van der Waals surface area contributed by atoms with E-state index >= 15 is 0 Å². The van der Waals surface area contributed by atoms with Crippen molar-refractivity contribution in [2.75, 3.05) is 38.3 Å². The molecule has 0 aliphatic carbocycles. The average Bonchev–Trinajstić information content (AvgIpc) is 2.32. The number of pyridine rings is 1. The van der Waals surface area contributed by atoms with Crippen LogP contribution in [0.3, 0.4) is 0 Å². The van der Waals surface area contributed by atoms with Gasteiger partial charge in [0.05, 0.1) is 5.69 Å². The molecule has 0 bridgehead atoms. The minimum atomic E-state index is 0.990. The first-order valence-corrected chi connectivity index (χ1v) is 7.30. The Kier molecular flexibility index (Phi) is 7.05. The van der Waals surface area contributed by atoms with E-state index in [1.807, 2.05) is 17.8 Å². The molecule has 1 aromatic heterocycles. The van der Waals surface area contributed by atoms with Crippen molar-refractivity contribution < 1.29 is 0 Å². The summed E-state index contributed by atoms with van der Waals surface area (Å²) in [6, 6.07) is 6.20. The molecule has 0 fully saturated rings. The van der Waals surface area contributed by atoms with Gasteiger partial charge in [-0.05, 0) is 32.6 Å². The van der Waals surface area contributed by atoms with Crippen molar-refractivity contribution in [3.63, 3.8) is 0 Å². The molecule has 0 amide bonds. The molecule has 0 unspecified atom stereocenters. The summed E-state index contributed by atoms with van der Waals surface area (Å²) in [5, 5.41) is 3.31. The van der Waals surface area contributed by atoms with Crippen LogP contribution in [0.2, 0.25) is 0 Å². The second kappa shape index (κ2) is 8.37. The van der Waals surface area contributed by atoms with Crippen LogP contribution in [0.15, 0.2) is 18.2 Å². The van der Waals surface area contributed by atoms with Crippen molar-refractivity contribution in [2.45, 2.75) is 19.1 Å². The number of anilines is 1. The van der Waals surface area contributed by atoms with Gasteiger partial charge in [-0.3, -0.25) is 0 Å². The van der Waals surface area contributed by atoms with E-state index in [2.05, 4.69) is 48.4 Å². The van der Waals surface area contributed by atoms with E-state index in [9.17, 15) is 0 Å². The smallest absolute Gasteiger partial charge is 0.126 e. The summed E-state index contributed by atoms with van der Waals surface area (Å²) in [7, 11) is 4.21. The lowest BCUT2D eigenvalue weighted by atomic mass is 10.3. The molecule has 96 valence electrons. The van der Waals surface area contributed by atoms with E-state index in [0.717, 1.165) is 42.5 Å². The second-order valence-corrected chi connectivity index (χ2v) is 5.40. The highest BCUT2D eigenvalue weighted by molar-refractivity contribution is 7.98. The zero-order valence-electron chi connectivity index (χ0n) is 11.1. The van der Waals surface area contributed by atoms with Crippen LogP contribution in [-0.4, -0.2) is 42.8 Å². The third-order valence-electron chi connectivity index (χ3n) is 2.30. The molecule has 0 saturated carbocycles. The first-order chi connectivity index (χ1) is 8.22. The molecule has 0 aliphatic rings. The quantitative estimate of drug-likeness (QED) is 0.721. The van der Waals surface area contributed by atoms with Gasteiger partial charge in [-0.25, -0.2) is 4.98 Å². The van der Waals surface area contributed by atoms with Crippen LogP contribution in [0.1, 0.15) is 19.0 Å². The van der Waals surface area contributed by atoms with E-state index in [1.165, 1.54) is 0 Å². The molecule has 0 aliphatic heterocycles. The number of hydrogen-bond donors (Lipinski definition) is 1.